The van der Waals surface area contributed by atoms with Crippen molar-refractivity contribution >= 4 is 5.65 Å². The Kier molecular flexibility index (Phi) is 1.87. The van der Waals surface area contributed by atoms with Crippen LogP contribution >= 0.6 is 0 Å². The molecule has 74 valence electrons. The highest BCUT2D eigenvalue weighted by Gasteiger charge is 2.29. The maximum absolute atomic E-state index is 12.1. The largest absolute Gasteiger partial charge is 0.393 e. The molecule has 2 aromatic heterocycles. The van der Waals surface area contributed by atoms with E-state index in [1.54, 1.807) is 0 Å². The minimum atomic E-state index is -4.24. The van der Waals surface area contributed by atoms with E-state index in [0.717, 1.165) is 0 Å². The lowest BCUT2D eigenvalue weighted by Gasteiger charge is -2.05. The van der Waals surface area contributed by atoms with E-state index in [0.29, 0.717) is 0 Å². The molecule has 0 bridgehead atoms. The molecule has 0 aliphatic carbocycles. The minimum absolute atomic E-state index is 0.0741. The Morgan fingerprint density at radius 1 is 1.36 bits per heavy atom. The third-order valence-corrected chi connectivity index (χ3v) is 1.68. The van der Waals surface area contributed by atoms with Crippen LogP contribution in [0.1, 0.15) is 5.56 Å². The van der Waals surface area contributed by atoms with Crippen molar-refractivity contribution in [1.29, 1.82) is 0 Å². The number of nitrogens with zero attached hydrogens (tertiary/aromatic N) is 4. The molecule has 0 aromatic carbocycles. The number of aromatic nitrogens is 4. The number of alkyl halides is 3. The lowest BCUT2D eigenvalue weighted by atomic mass is 10.2. The Bertz CT molecular complexity index is 447. The first-order valence-corrected chi connectivity index (χ1v) is 3.77. The molecule has 0 aliphatic rings. The predicted molar refractivity (Wildman–Crippen MR) is 40.5 cm³/mol. The van der Waals surface area contributed by atoms with Crippen molar-refractivity contribution in [1.82, 2.24) is 19.8 Å². The van der Waals surface area contributed by atoms with E-state index in [4.69, 9.17) is 0 Å². The maximum Gasteiger partial charge on any atom is 0.393 e. The van der Waals surface area contributed by atoms with Gasteiger partial charge in [-0.15, -0.1) is 10.2 Å². The van der Waals surface area contributed by atoms with Gasteiger partial charge >= 0.3 is 6.18 Å². The number of halogens is 3. The van der Waals surface area contributed by atoms with E-state index in [-0.39, 0.29) is 11.2 Å². The third kappa shape index (κ3) is 1.66. The Morgan fingerprint density at radius 3 is 2.86 bits per heavy atom. The molecule has 0 fully saturated rings. The zero-order valence-corrected chi connectivity index (χ0v) is 6.86. The molecular weight excluding hydrogens is 197 g/mol. The fourth-order valence-corrected chi connectivity index (χ4v) is 1.15. The van der Waals surface area contributed by atoms with E-state index < -0.39 is 12.6 Å². The summed E-state index contributed by atoms with van der Waals surface area (Å²) in [6.07, 6.45) is -2.71. The van der Waals surface area contributed by atoms with Crippen LogP contribution in [0.2, 0.25) is 0 Å². The first kappa shape index (κ1) is 8.92. The van der Waals surface area contributed by atoms with Crippen LogP contribution in [0.5, 0.6) is 0 Å². The lowest BCUT2D eigenvalue weighted by molar-refractivity contribution is -0.127. The first-order chi connectivity index (χ1) is 6.56. The van der Waals surface area contributed by atoms with Crippen molar-refractivity contribution in [3.63, 3.8) is 0 Å². The Hall–Kier alpha value is -1.66. The van der Waals surface area contributed by atoms with E-state index in [1.165, 1.54) is 23.1 Å². The van der Waals surface area contributed by atoms with E-state index >= 15 is 0 Å². The number of hydrogen-bond acceptors (Lipinski definition) is 3. The number of fused-ring (bicyclic) bond motifs is 1. The third-order valence-electron chi connectivity index (χ3n) is 1.68. The van der Waals surface area contributed by atoms with Gasteiger partial charge in [-0.2, -0.15) is 18.3 Å². The second-order valence-electron chi connectivity index (χ2n) is 2.75. The van der Waals surface area contributed by atoms with Crippen LogP contribution in [0, 0.1) is 0 Å². The standard InChI is InChI=1S/C7H5F3N4/c8-7(9,10)3-5-1-2-12-14-4-11-13-6(5)14/h1-2,4H,3H2. The molecule has 14 heavy (non-hydrogen) atoms. The Labute approximate surface area is 76.4 Å². The molecule has 2 rings (SSSR count). The fraction of sp³-hybridized carbons (Fsp3) is 0.286. The van der Waals surface area contributed by atoms with Gasteiger partial charge in [0.2, 0.25) is 0 Å². The zero-order chi connectivity index (χ0) is 10.2. The van der Waals surface area contributed by atoms with Crippen LogP contribution in [-0.2, 0) is 6.42 Å². The van der Waals surface area contributed by atoms with Crippen molar-refractivity contribution in [3.05, 3.63) is 24.2 Å². The monoisotopic (exact) mass is 202 g/mol. The van der Waals surface area contributed by atoms with Gasteiger partial charge in [-0.05, 0) is 6.07 Å². The van der Waals surface area contributed by atoms with Gasteiger partial charge in [0.05, 0.1) is 6.42 Å². The van der Waals surface area contributed by atoms with Gasteiger partial charge in [-0.3, -0.25) is 0 Å². The molecule has 0 spiro atoms. The van der Waals surface area contributed by atoms with Crippen LogP contribution in [0.15, 0.2) is 18.6 Å². The van der Waals surface area contributed by atoms with Crippen molar-refractivity contribution < 1.29 is 13.2 Å². The summed E-state index contributed by atoms with van der Waals surface area (Å²) in [5.74, 6) is 0. The highest BCUT2D eigenvalue weighted by Crippen LogP contribution is 2.22. The van der Waals surface area contributed by atoms with E-state index in [9.17, 15) is 13.2 Å². The molecule has 0 saturated heterocycles. The van der Waals surface area contributed by atoms with Crippen LogP contribution in [0.4, 0.5) is 13.2 Å². The SMILES string of the molecule is FC(F)(F)Cc1ccnn2cnnc12. The van der Waals surface area contributed by atoms with Gasteiger partial charge in [0.15, 0.2) is 5.65 Å². The highest BCUT2D eigenvalue weighted by atomic mass is 19.4. The van der Waals surface area contributed by atoms with Gasteiger partial charge in [-0.25, -0.2) is 4.52 Å². The summed E-state index contributed by atoms with van der Waals surface area (Å²) in [5.41, 5.74) is 0.217. The van der Waals surface area contributed by atoms with E-state index in [2.05, 4.69) is 15.3 Å². The van der Waals surface area contributed by atoms with Crippen molar-refractivity contribution in [3.8, 4) is 0 Å². The summed E-state index contributed by atoms with van der Waals surface area (Å²) in [7, 11) is 0. The Balaban J connectivity index is 2.46. The summed E-state index contributed by atoms with van der Waals surface area (Å²) in [6.45, 7) is 0. The number of hydrogen-bond donors (Lipinski definition) is 0. The van der Waals surface area contributed by atoms with Gasteiger partial charge < -0.3 is 0 Å². The molecule has 0 amide bonds. The normalized spacial score (nSPS) is 12.2. The lowest BCUT2D eigenvalue weighted by Crippen LogP contribution is -2.12. The first-order valence-electron chi connectivity index (χ1n) is 3.77. The average molecular weight is 202 g/mol. The molecular formula is C7H5F3N4. The Morgan fingerprint density at radius 2 is 2.14 bits per heavy atom. The summed E-state index contributed by atoms with van der Waals surface area (Å²) in [5, 5.41) is 10.8. The van der Waals surface area contributed by atoms with Crippen molar-refractivity contribution in [2.24, 2.45) is 0 Å². The summed E-state index contributed by atoms with van der Waals surface area (Å²) >= 11 is 0. The molecule has 0 N–H and O–H groups in total. The molecule has 0 aliphatic heterocycles. The molecule has 7 heteroatoms. The molecule has 2 heterocycles. The van der Waals surface area contributed by atoms with Gasteiger partial charge in [-0.1, -0.05) is 0 Å². The molecule has 0 unspecified atom stereocenters. The second-order valence-corrected chi connectivity index (χ2v) is 2.75. The second kappa shape index (κ2) is 2.93. The summed E-state index contributed by atoms with van der Waals surface area (Å²) in [4.78, 5) is 0. The summed E-state index contributed by atoms with van der Waals surface area (Å²) in [6, 6.07) is 1.29. The van der Waals surface area contributed by atoms with Crippen LogP contribution in [0.3, 0.4) is 0 Å². The van der Waals surface area contributed by atoms with Gasteiger partial charge in [0.25, 0.3) is 0 Å². The van der Waals surface area contributed by atoms with Crippen LogP contribution in [-0.4, -0.2) is 26.0 Å². The minimum Gasteiger partial charge on any atom is -0.200 e. The molecule has 0 radical (unpaired) electrons. The van der Waals surface area contributed by atoms with Crippen molar-refractivity contribution in [2.45, 2.75) is 12.6 Å². The quantitative estimate of drug-likeness (QED) is 0.698. The molecule has 0 saturated carbocycles. The number of rotatable bonds is 1. The van der Waals surface area contributed by atoms with Gasteiger partial charge in [0, 0.05) is 11.8 Å². The molecule has 4 nitrogen and oxygen atoms in total. The van der Waals surface area contributed by atoms with Gasteiger partial charge in [0.1, 0.15) is 6.33 Å². The summed E-state index contributed by atoms with van der Waals surface area (Å²) < 4.78 is 37.5. The zero-order valence-electron chi connectivity index (χ0n) is 6.86. The van der Waals surface area contributed by atoms with Crippen LogP contribution < -0.4 is 0 Å². The fourth-order valence-electron chi connectivity index (χ4n) is 1.15. The van der Waals surface area contributed by atoms with Crippen molar-refractivity contribution in [2.75, 3.05) is 0 Å². The smallest absolute Gasteiger partial charge is 0.200 e. The van der Waals surface area contributed by atoms with Crippen LogP contribution in [0.25, 0.3) is 5.65 Å². The molecule has 2 aromatic rings. The highest BCUT2D eigenvalue weighted by molar-refractivity contribution is 5.44. The predicted octanol–water partition coefficient (Wildman–Crippen LogP) is 1.23. The average Bonchev–Trinajstić information content (AvgIpc) is 2.49. The topological polar surface area (TPSA) is 43.1 Å². The van der Waals surface area contributed by atoms with E-state index in [1.807, 2.05) is 0 Å². The molecule has 0 atom stereocenters. The maximum atomic E-state index is 12.1.